The highest BCUT2D eigenvalue weighted by Gasteiger charge is 2.44. The first-order valence-electron chi connectivity index (χ1n) is 5.40. The summed E-state index contributed by atoms with van der Waals surface area (Å²) >= 11 is 2.00. The van der Waals surface area contributed by atoms with Gasteiger partial charge in [-0.3, -0.25) is 0 Å². The zero-order valence-corrected chi connectivity index (χ0v) is 9.57. The van der Waals surface area contributed by atoms with Gasteiger partial charge in [0, 0.05) is 18.9 Å². The minimum absolute atomic E-state index is 0.0675. The van der Waals surface area contributed by atoms with E-state index < -0.39 is 0 Å². The lowest BCUT2D eigenvalue weighted by atomic mass is 9.92. The molecule has 2 fully saturated rings. The molecule has 2 atom stereocenters. The van der Waals surface area contributed by atoms with Crippen molar-refractivity contribution in [3.8, 4) is 0 Å². The van der Waals surface area contributed by atoms with Crippen LogP contribution in [0.15, 0.2) is 0 Å². The van der Waals surface area contributed by atoms with Crippen molar-refractivity contribution in [2.75, 3.05) is 37.9 Å². The number of morpholine rings is 1. The number of nitrogens with one attached hydrogen (secondary N) is 1. The van der Waals surface area contributed by atoms with Gasteiger partial charge >= 0.3 is 0 Å². The highest BCUT2D eigenvalue weighted by atomic mass is 32.2. The zero-order valence-electron chi connectivity index (χ0n) is 8.75. The third-order valence-electron chi connectivity index (χ3n) is 3.02. The van der Waals surface area contributed by atoms with Crippen molar-refractivity contribution in [2.24, 2.45) is 0 Å². The first-order chi connectivity index (χ1) is 6.87. The lowest BCUT2D eigenvalue weighted by Crippen LogP contribution is -2.60. The molecule has 2 aliphatic rings. The monoisotopic (exact) mass is 217 g/mol. The van der Waals surface area contributed by atoms with E-state index in [0.29, 0.717) is 6.04 Å². The maximum Gasteiger partial charge on any atom is 0.0955 e. The van der Waals surface area contributed by atoms with Crippen LogP contribution in [0.2, 0.25) is 0 Å². The van der Waals surface area contributed by atoms with Gasteiger partial charge in [-0.2, -0.15) is 11.8 Å². The van der Waals surface area contributed by atoms with E-state index >= 15 is 0 Å². The summed E-state index contributed by atoms with van der Waals surface area (Å²) in [5.74, 6) is 2.35. The molecule has 1 spiro atoms. The predicted octanol–water partition coefficient (Wildman–Crippen LogP) is 0.887. The summed E-state index contributed by atoms with van der Waals surface area (Å²) in [7, 11) is 0. The van der Waals surface area contributed by atoms with Crippen molar-refractivity contribution in [1.29, 1.82) is 0 Å². The second-order valence-corrected chi connectivity index (χ2v) is 4.99. The summed E-state index contributed by atoms with van der Waals surface area (Å²) in [5, 5.41) is 3.52. The van der Waals surface area contributed by atoms with Crippen LogP contribution < -0.4 is 5.32 Å². The highest BCUT2D eigenvalue weighted by molar-refractivity contribution is 7.99. The summed E-state index contributed by atoms with van der Waals surface area (Å²) in [6.45, 7) is 5.44. The van der Waals surface area contributed by atoms with E-state index in [1.807, 2.05) is 18.7 Å². The molecule has 2 unspecified atom stereocenters. The zero-order chi connectivity index (χ0) is 9.86. The fourth-order valence-electron chi connectivity index (χ4n) is 2.17. The molecule has 2 aliphatic heterocycles. The van der Waals surface area contributed by atoms with Crippen LogP contribution in [-0.2, 0) is 9.47 Å². The Labute approximate surface area is 89.9 Å². The number of thioether (sulfide) groups is 1. The predicted molar refractivity (Wildman–Crippen MR) is 58.9 cm³/mol. The van der Waals surface area contributed by atoms with Crippen LogP contribution in [0.3, 0.4) is 0 Å². The summed E-state index contributed by atoms with van der Waals surface area (Å²) in [6.07, 6.45) is 1.17. The fourth-order valence-corrected chi connectivity index (χ4v) is 3.58. The minimum atomic E-state index is 0.0675. The standard InChI is InChI=1S/C10H19NO2S/c1-2-12-7-9-10(3-6-14-8-10)13-5-4-11-9/h9,11H,2-8H2,1H3. The van der Waals surface area contributed by atoms with Crippen LogP contribution in [0.4, 0.5) is 0 Å². The molecule has 0 aromatic rings. The second-order valence-electron chi connectivity index (χ2n) is 3.88. The first kappa shape index (κ1) is 10.7. The van der Waals surface area contributed by atoms with Gasteiger partial charge in [-0.1, -0.05) is 0 Å². The molecule has 1 N–H and O–H groups in total. The third kappa shape index (κ3) is 2.08. The first-order valence-corrected chi connectivity index (χ1v) is 6.56. The largest absolute Gasteiger partial charge is 0.380 e. The van der Waals surface area contributed by atoms with Gasteiger partial charge in [0.2, 0.25) is 0 Å². The number of hydrogen-bond acceptors (Lipinski definition) is 4. The minimum Gasteiger partial charge on any atom is -0.380 e. The van der Waals surface area contributed by atoms with Crippen molar-refractivity contribution in [2.45, 2.75) is 25.0 Å². The highest BCUT2D eigenvalue weighted by Crippen LogP contribution is 2.35. The Kier molecular flexibility index (Phi) is 3.71. The van der Waals surface area contributed by atoms with Crippen molar-refractivity contribution < 1.29 is 9.47 Å². The summed E-state index contributed by atoms with van der Waals surface area (Å²) < 4.78 is 11.5. The average Bonchev–Trinajstić information content (AvgIpc) is 2.66. The van der Waals surface area contributed by atoms with E-state index in [-0.39, 0.29) is 5.60 Å². The topological polar surface area (TPSA) is 30.5 Å². The molecule has 0 amide bonds. The molecule has 4 heteroatoms. The maximum absolute atomic E-state index is 5.97. The Morgan fingerprint density at radius 2 is 2.57 bits per heavy atom. The normalized spacial score (nSPS) is 37.9. The molecule has 0 saturated carbocycles. The molecule has 3 nitrogen and oxygen atoms in total. The molecule has 0 radical (unpaired) electrons. The van der Waals surface area contributed by atoms with Crippen molar-refractivity contribution in [1.82, 2.24) is 5.32 Å². The molecule has 0 aromatic heterocycles. The molecule has 82 valence electrons. The van der Waals surface area contributed by atoms with Gasteiger partial charge in [0.1, 0.15) is 0 Å². The second kappa shape index (κ2) is 4.84. The Hall–Kier alpha value is 0.230. The van der Waals surface area contributed by atoms with Crippen LogP contribution in [0, 0.1) is 0 Å². The fraction of sp³-hybridized carbons (Fsp3) is 1.00. The smallest absolute Gasteiger partial charge is 0.0955 e. The van der Waals surface area contributed by atoms with Gasteiger partial charge in [-0.15, -0.1) is 0 Å². The molecule has 0 aliphatic carbocycles. The molecule has 2 heterocycles. The summed E-state index contributed by atoms with van der Waals surface area (Å²) in [4.78, 5) is 0. The van der Waals surface area contributed by atoms with E-state index in [0.717, 1.165) is 32.1 Å². The summed E-state index contributed by atoms with van der Waals surface area (Å²) in [6, 6.07) is 0.395. The van der Waals surface area contributed by atoms with Crippen LogP contribution >= 0.6 is 11.8 Å². The van der Waals surface area contributed by atoms with E-state index in [1.54, 1.807) is 0 Å². The quantitative estimate of drug-likeness (QED) is 0.760. The number of hydrogen-bond donors (Lipinski definition) is 1. The molecule has 0 bridgehead atoms. The van der Waals surface area contributed by atoms with Crippen LogP contribution in [0.5, 0.6) is 0 Å². The molecule has 14 heavy (non-hydrogen) atoms. The van der Waals surface area contributed by atoms with Gasteiger partial charge in [0.25, 0.3) is 0 Å². The van der Waals surface area contributed by atoms with Gasteiger partial charge in [0.15, 0.2) is 0 Å². The van der Waals surface area contributed by atoms with Crippen LogP contribution in [0.25, 0.3) is 0 Å². The molecule has 2 saturated heterocycles. The van der Waals surface area contributed by atoms with Crippen LogP contribution in [0.1, 0.15) is 13.3 Å². The van der Waals surface area contributed by atoms with Crippen LogP contribution in [-0.4, -0.2) is 49.5 Å². The van der Waals surface area contributed by atoms with E-state index in [9.17, 15) is 0 Å². The van der Waals surface area contributed by atoms with Crippen molar-refractivity contribution in [3.05, 3.63) is 0 Å². The average molecular weight is 217 g/mol. The van der Waals surface area contributed by atoms with Gasteiger partial charge < -0.3 is 14.8 Å². The molecular formula is C10H19NO2S. The molecular weight excluding hydrogens is 198 g/mol. The Morgan fingerprint density at radius 1 is 1.64 bits per heavy atom. The molecule has 2 rings (SSSR count). The Balaban J connectivity index is 1.95. The third-order valence-corrected chi connectivity index (χ3v) is 4.21. The van der Waals surface area contributed by atoms with E-state index in [4.69, 9.17) is 9.47 Å². The SMILES string of the molecule is CCOCC1NCCOC12CCSC2. The Bertz CT molecular complexity index is 183. The number of ether oxygens (including phenoxy) is 2. The maximum atomic E-state index is 5.97. The summed E-state index contributed by atoms with van der Waals surface area (Å²) in [5.41, 5.74) is 0.0675. The van der Waals surface area contributed by atoms with Gasteiger partial charge in [-0.25, -0.2) is 0 Å². The number of rotatable bonds is 3. The van der Waals surface area contributed by atoms with Gasteiger partial charge in [-0.05, 0) is 19.1 Å². The van der Waals surface area contributed by atoms with E-state index in [2.05, 4.69) is 5.32 Å². The molecule has 0 aromatic carbocycles. The lowest BCUT2D eigenvalue weighted by Gasteiger charge is -2.41. The van der Waals surface area contributed by atoms with Gasteiger partial charge in [0.05, 0.1) is 24.9 Å². The Morgan fingerprint density at radius 3 is 3.29 bits per heavy atom. The van der Waals surface area contributed by atoms with Crippen molar-refractivity contribution >= 4 is 11.8 Å². The van der Waals surface area contributed by atoms with E-state index in [1.165, 1.54) is 12.2 Å². The van der Waals surface area contributed by atoms with Crippen molar-refractivity contribution in [3.63, 3.8) is 0 Å². The lowest BCUT2D eigenvalue weighted by molar-refractivity contribution is -0.0960.